The Morgan fingerprint density at radius 2 is 2.27 bits per heavy atom. The molecule has 0 aliphatic carbocycles. The number of alkyl halides is 1. The van der Waals surface area contributed by atoms with Crippen LogP contribution in [0.5, 0.6) is 0 Å². The van der Waals surface area contributed by atoms with Gasteiger partial charge in [0.1, 0.15) is 0 Å². The molecule has 2 heterocycles. The van der Waals surface area contributed by atoms with Crippen LogP contribution in [0.3, 0.4) is 0 Å². The minimum absolute atomic E-state index is 0. The van der Waals surface area contributed by atoms with Gasteiger partial charge in [0, 0.05) is 6.20 Å². The highest BCUT2D eigenvalue weighted by atomic mass is 35.5. The molecule has 2 atom stereocenters. The van der Waals surface area contributed by atoms with E-state index in [1.165, 1.54) is 6.20 Å². The van der Waals surface area contributed by atoms with E-state index in [4.69, 9.17) is 11.6 Å². The van der Waals surface area contributed by atoms with Crippen molar-refractivity contribution in [2.45, 2.75) is 24.6 Å². The van der Waals surface area contributed by atoms with Crippen LogP contribution in [0.15, 0.2) is 17.0 Å². The summed E-state index contributed by atoms with van der Waals surface area (Å²) in [6.45, 7) is 0.962. The van der Waals surface area contributed by atoms with E-state index < -0.39 is 5.62 Å². The van der Waals surface area contributed by atoms with Crippen molar-refractivity contribution >= 4 is 42.6 Å². The van der Waals surface area contributed by atoms with Gasteiger partial charge in [-0.1, -0.05) is 11.6 Å². The molecule has 0 aromatic heterocycles. The van der Waals surface area contributed by atoms with Gasteiger partial charge in [-0.25, -0.2) is 9.38 Å². The van der Waals surface area contributed by atoms with Crippen LogP contribution in [0.2, 0.25) is 0 Å². The first-order valence-electron chi connectivity index (χ1n) is 4.33. The number of nitrogens with zero attached hydrogens (tertiary/aromatic N) is 2. The van der Waals surface area contributed by atoms with E-state index in [0.29, 0.717) is 0 Å². The maximum atomic E-state index is 12.8. The molecule has 1 N–H and O–H groups in total. The van der Waals surface area contributed by atoms with Gasteiger partial charge in [0.15, 0.2) is 11.5 Å². The van der Waals surface area contributed by atoms with Gasteiger partial charge >= 0.3 is 0 Å². The van der Waals surface area contributed by atoms with Crippen molar-refractivity contribution in [2.75, 3.05) is 6.54 Å². The molecule has 0 spiro atoms. The van der Waals surface area contributed by atoms with E-state index in [9.17, 15) is 4.39 Å². The lowest BCUT2D eigenvalue weighted by Crippen LogP contribution is -2.43. The fourth-order valence-corrected chi connectivity index (χ4v) is 1.85. The Bertz CT molecular complexity index is 254. The summed E-state index contributed by atoms with van der Waals surface area (Å²) < 4.78 is 12.8. The fraction of sp³-hybridized carbons (Fsp3) is 0.625. The van der Waals surface area contributed by atoms with Crippen LogP contribution in [0.25, 0.3) is 0 Å². The molecule has 1 saturated heterocycles. The third-order valence-corrected chi connectivity index (χ3v) is 2.57. The average molecular weight is 277 g/mol. The average Bonchev–Trinajstić information content (AvgIpc) is 2.61. The molecule has 15 heavy (non-hydrogen) atoms. The zero-order valence-corrected chi connectivity index (χ0v) is 10.3. The summed E-state index contributed by atoms with van der Waals surface area (Å²) in [4.78, 5) is 5.53. The molecule has 3 nitrogen and oxygen atoms in total. The van der Waals surface area contributed by atoms with Crippen LogP contribution < -0.4 is 5.32 Å². The molecule has 0 bridgehead atoms. The molecule has 1 fully saturated rings. The molecule has 0 saturated carbocycles. The van der Waals surface area contributed by atoms with Crippen molar-refractivity contribution in [3.8, 4) is 0 Å². The largest absolute Gasteiger partial charge is 0.325 e. The highest BCUT2D eigenvalue weighted by molar-refractivity contribution is 6.20. The molecule has 1 unspecified atom stereocenters. The highest BCUT2D eigenvalue weighted by Gasteiger charge is 2.26. The normalized spacial score (nSPS) is 29.2. The monoisotopic (exact) mass is 275 g/mol. The number of halogens is 4. The van der Waals surface area contributed by atoms with Crippen LogP contribution >= 0.6 is 36.4 Å². The minimum atomic E-state index is -0.477. The van der Waals surface area contributed by atoms with Gasteiger partial charge in [-0.3, -0.25) is 5.32 Å². The number of hydrogen-bond donors (Lipinski definition) is 1. The second kappa shape index (κ2) is 6.53. The maximum Gasteiger partial charge on any atom is 0.198 e. The number of allylic oxidation sites excluding steroid dienone is 1. The van der Waals surface area contributed by atoms with Crippen LogP contribution in [0.1, 0.15) is 12.8 Å². The third-order valence-electron chi connectivity index (χ3n) is 2.23. The first kappa shape index (κ1) is 15.0. The molecule has 2 rings (SSSR count). The highest BCUT2D eigenvalue weighted by Crippen LogP contribution is 2.21. The molecule has 0 radical (unpaired) electrons. The van der Waals surface area contributed by atoms with E-state index in [1.807, 2.05) is 0 Å². The van der Waals surface area contributed by atoms with Gasteiger partial charge in [-0.05, 0) is 19.4 Å². The lowest BCUT2D eigenvalue weighted by molar-refractivity contribution is 0.234. The summed E-state index contributed by atoms with van der Waals surface area (Å²) in [6, 6.07) is 0. The summed E-state index contributed by atoms with van der Waals surface area (Å²) in [5.41, 5.74) is -0.477. The molecule has 0 aromatic rings. The zero-order valence-electron chi connectivity index (χ0n) is 7.90. The van der Waals surface area contributed by atoms with Crippen LogP contribution in [0.4, 0.5) is 4.39 Å². The van der Waals surface area contributed by atoms with Gasteiger partial charge in [-0.2, -0.15) is 0 Å². The molecule has 2 aliphatic rings. The summed E-state index contributed by atoms with van der Waals surface area (Å²) in [5.74, 6) is -0.342. The summed E-state index contributed by atoms with van der Waals surface area (Å²) in [7, 11) is 0. The van der Waals surface area contributed by atoms with Gasteiger partial charge in [0.25, 0.3) is 0 Å². The Kier molecular flexibility index (Phi) is 6.52. The molecule has 2 aliphatic heterocycles. The molecular formula is C8H13Cl3FN3. The summed E-state index contributed by atoms with van der Waals surface area (Å²) in [5, 5.41) is 3.23. The molecule has 0 aromatic carbocycles. The van der Waals surface area contributed by atoms with E-state index in [0.717, 1.165) is 25.6 Å². The number of rotatable bonds is 1. The van der Waals surface area contributed by atoms with Gasteiger partial charge < -0.3 is 4.90 Å². The quantitative estimate of drug-likeness (QED) is 0.588. The van der Waals surface area contributed by atoms with E-state index in [-0.39, 0.29) is 36.8 Å². The molecule has 0 amide bonds. The maximum absolute atomic E-state index is 12.8. The van der Waals surface area contributed by atoms with Crippen molar-refractivity contribution in [3.63, 3.8) is 0 Å². The van der Waals surface area contributed by atoms with Crippen molar-refractivity contribution in [1.82, 2.24) is 10.2 Å². The summed E-state index contributed by atoms with van der Waals surface area (Å²) in [6.07, 6.45) is 4.79. The Balaban J connectivity index is 0.000000980. The fourth-order valence-electron chi connectivity index (χ4n) is 1.61. The van der Waals surface area contributed by atoms with Crippen LogP contribution in [0, 0.1) is 0 Å². The molecular weight excluding hydrogens is 263 g/mol. The van der Waals surface area contributed by atoms with Crippen LogP contribution in [-0.2, 0) is 0 Å². The molecule has 88 valence electrons. The van der Waals surface area contributed by atoms with Crippen molar-refractivity contribution < 1.29 is 4.39 Å². The van der Waals surface area contributed by atoms with Crippen LogP contribution in [-0.4, -0.2) is 29.4 Å². The lowest BCUT2D eigenvalue weighted by Gasteiger charge is -2.31. The second-order valence-corrected chi connectivity index (χ2v) is 3.55. The number of aliphatic imine (C=N–C) groups is 1. The van der Waals surface area contributed by atoms with E-state index >= 15 is 0 Å². The SMILES string of the molecule is Cl.Cl.FC1=CN(C2CCCN2)[C@H](Cl)N=C1. The Labute approximate surface area is 106 Å². The number of hydrogen-bond acceptors (Lipinski definition) is 3. The van der Waals surface area contributed by atoms with Gasteiger partial charge in [0.2, 0.25) is 0 Å². The van der Waals surface area contributed by atoms with Gasteiger partial charge in [-0.15, -0.1) is 24.8 Å². The van der Waals surface area contributed by atoms with Crippen molar-refractivity contribution in [2.24, 2.45) is 4.99 Å². The van der Waals surface area contributed by atoms with Gasteiger partial charge in [0.05, 0.1) is 12.4 Å². The third kappa shape index (κ3) is 3.48. The second-order valence-electron chi connectivity index (χ2n) is 3.16. The first-order valence-corrected chi connectivity index (χ1v) is 4.76. The van der Waals surface area contributed by atoms with Crippen molar-refractivity contribution in [3.05, 3.63) is 12.0 Å². The Hall–Kier alpha value is -0.0300. The van der Waals surface area contributed by atoms with E-state index in [2.05, 4.69) is 10.3 Å². The predicted octanol–water partition coefficient (Wildman–Crippen LogP) is 2.26. The number of nitrogens with one attached hydrogen (secondary N) is 1. The summed E-state index contributed by atoms with van der Waals surface area (Å²) >= 11 is 5.90. The minimum Gasteiger partial charge on any atom is -0.325 e. The zero-order chi connectivity index (χ0) is 9.26. The predicted molar refractivity (Wildman–Crippen MR) is 64.7 cm³/mol. The first-order chi connectivity index (χ1) is 6.27. The standard InChI is InChI=1S/C8H11ClFN3.2ClH/c9-8-12-4-6(10)5-13(8)7-2-1-3-11-7;;/h4-5,7-8,11H,1-3H2;2*1H/t7?,8-;;/m1../s1. The molecule has 7 heteroatoms. The smallest absolute Gasteiger partial charge is 0.198 e. The Morgan fingerprint density at radius 1 is 1.53 bits per heavy atom. The van der Waals surface area contributed by atoms with Crippen molar-refractivity contribution in [1.29, 1.82) is 0 Å². The van der Waals surface area contributed by atoms with E-state index in [1.54, 1.807) is 4.90 Å². The lowest BCUT2D eigenvalue weighted by atomic mass is 10.3. The topological polar surface area (TPSA) is 27.6 Å². The Morgan fingerprint density at radius 3 is 2.87 bits per heavy atom.